The highest BCUT2D eigenvalue weighted by molar-refractivity contribution is 7.17. The first-order chi connectivity index (χ1) is 12.9. The van der Waals surface area contributed by atoms with E-state index < -0.39 is 23.7 Å². The highest BCUT2D eigenvalue weighted by atomic mass is 32.1. The molecule has 1 aromatic heterocycles. The van der Waals surface area contributed by atoms with Crippen LogP contribution >= 0.6 is 11.3 Å². The van der Waals surface area contributed by atoms with Gasteiger partial charge in [-0.1, -0.05) is 13.3 Å². The molecule has 27 heavy (non-hydrogen) atoms. The average Bonchev–Trinajstić information content (AvgIpc) is 3.32. The minimum Gasteiger partial charge on any atom is -0.481 e. The molecule has 3 aliphatic carbocycles. The van der Waals surface area contributed by atoms with E-state index >= 15 is 0 Å². The van der Waals surface area contributed by atoms with Crippen molar-refractivity contribution in [3.63, 3.8) is 0 Å². The molecule has 5 atom stereocenters. The number of amides is 2. The van der Waals surface area contributed by atoms with Crippen molar-refractivity contribution >= 4 is 34.1 Å². The van der Waals surface area contributed by atoms with E-state index in [-0.39, 0.29) is 17.7 Å². The molecule has 2 bridgehead atoms. The molecule has 2 fully saturated rings. The number of primary amides is 1. The maximum atomic E-state index is 13.0. The summed E-state index contributed by atoms with van der Waals surface area (Å²) in [6.45, 7) is 2.17. The standard InChI is InChI=1S/C20H26N2O4S/c1-2-9-3-6-12-13(7-9)27-19(16(12)17(21)23)22-18(24)14-10-4-5-11(8-10)15(14)20(25)26/h9-11,14-15H,2-8H2,1H3,(H2,21,23)(H,22,24)(H,25,26)/t9-,10+,11-,14+,15-/m0/s1. The first-order valence-electron chi connectivity index (χ1n) is 9.88. The molecule has 0 aromatic carbocycles. The largest absolute Gasteiger partial charge is 0.481 e. The number of carboxylic acids is 1. The van der Waals surface area contributed by atoms with Crippen molar-refractivity contribution in [1.82, 2.24) is 0 Å². The number of aliphatic carboxylic acids is 1. The molecule has 0 radical (unpaired) electrons. The van der Waals surface area contributed by atoms with Gasteiger partial charge in [-0.3, -0.25) is 14.4 Å². The van der Waals surface area contributed by atoms with Crippen LogP contribution in [0.25, 0.3) is 0 Å². The van der Waals surface area contributed by atoms with Crippen molar-refractivity contribution in [2.24, 2.45) is 35.3 Å². The molecule has 4 N–H and O–H groups in total. The summed E-state index contributed by atoms with van der Waals surface area (Å²) in [5.74, 6) is -1.95. The predicted molar refractivity (Wildman–Crippen MR) is 103 cm³/mol. The van der Waals surface area contributed by atoms with Crippen LogP contribution in [-0.2, 0) is 22.4 Å². The van der Waals surface area contributed by atoms with Gasteiger partial charge in [0.25, 0.3) is 5.91 Å². The third-order valence-corrected chi connectivity index (χ3v) is 8.10. The molecule has 4 rings (SSSR count). The summed E-state index contributed by atoms with van der Waals surface area (Å²) in [5, 5.41) is 13.0. The monoisotopic (exact) mass is 390 g/mol. The first kappa shape index (κ1) is 18.5. The van der Waals surface area contributed by atoms with Gasteiger partial charge in [0.05, 0.1) is 17.4 Å². The minimum atomic E-state index is -0.881. The molecule has 146 valence electrons. The summed E-state index contributed by atoms with van der Waals surface area (Å²) >= 11 is 1.45. The molecule has 2 saturated carbocycles. The van der Waals surface area contributed by atoms with Crippen molar-refractivity contribution in [3.05, 3.63) is 16.0 Å². The second-order valence-corrected chi connectivity index (χ2v) is 9.41. The van der Waals surface area contributed by atoms with Crippen LogP contribution in [0.2, 0.25) is 0 Å². The average molecular weight is 391 g/mol. The summed E-state index contributed by atoms with van der Waals surface area (Å²) in [4.78, 5) is 37.9. The van der Waals surface area contributed by atoms with E-state index in [0.717, 1.165) is 55.4 Å². The highest BCUT2D eigenvalue weighted by Crippen LogP contribution is 2.53. The van der Waals surface area contributed by atoms with Crippen LogP contribution in [0.3, 0.4) is 0 Å². The summed E-state index contributed by atoms with van der Waals surface area (Å²) < 4.78 is 0. The molecule has 0 spiro atoms. The number of carbonyl (C=O) groups excluding carboxylic acids is 2. The lowest BCUT2D eigenvalue weighted by Gasteiger charge is -2.26. The summed E-state index contributed by atoms with van der Waals surface area (Å²) in [5.41, 5.74) is 7.06. The van der Waals surface area contributed by atoms with Gasteiger partial charge in [-0.05, 0) is 61.8 Å². The fourth-order valence-electron chi connectivity index (χ4n) is 5.57. The lowest BCUT2D eigenvalue weighted by Crippen LogP contribution is -2.38. The van der Waals surface area contributed by atoms with Gasteiger partial charge in [-0.2, -0.15) is 0 Å². The van der Waals surface area contributed by atoms with E-state index in [1.165, 1.54) is 11.3 Å². The SMILES string of the molecule is CC[C@H]1CCc2c(sc(NC(=O)[C@@H]3[C@@H]4CC[C@@H](C4)[C@@H]3C(=O)O)c2C(N)=O)C1. The van der Waals surface area contributed by atoms with Crippen molar-refractivity contribution in [2.45, 2.75) is 51.9 Å². The zero-order chi connectivity index (χ0) is 19.3. The van der Waals surface area contributed by atoms with Crippen LogP contribution < -0.4 is 11.1 Å². The maximum absolute atomic E-state index is 13.0. The molecular weight excluding hydrogens is 364 g/mol. The Bertz CT molecular complexity index is 802. The van der Waals surface area contributed by atoms with E-state index in [2.05, 4.69) is 12.2 Å². The Morgan fingerprint density at radius 2 is 1.89 bits per heavy atom. The fourth-order valence-corrected chi connectivity index (χ4v) is 6.94. The van der Waals surface area contributed by atoms with Gasteiger partial charge < -0.3 is 16.2 Å². The van der Waals surface area contributed by atoms with E-state index in [9.17, 15) is 19.5 Å². The maximum Gasteiger partial charge on any atom is 0.307 e. The number of thiophene rings is 1. The Balaban J connectivity index is 1.61. The van der Waals surface area contributed by atoms with Crippen LogP contribution in [0.4, 0.5) is 5.00 Å². The molecule has 2 amide bonds. The van der Waals surface area contributed by atoms with Crippen LogP contribution in [-0.4, -0.2) is 22.9 Å². The van der Waals surface area contributed by atoms with Crippen molar-refractivity contribution < 1.29 is 19.5 Å². The topological polar surface area (TPSA) is 109 Å². The van der Waals surface area contributed by atoms with Crippen molar-refractivity contribution in [2.75, 3.05) is 5.32 Å². The number of nitrogens with two attached hydrogens (primary N) is 1. The number of hydrogen-bond donors (Lipinski definition) is 3. The van der Waals surface area contributed by atoms with Gasteiger partial charge in [0.15, 0.2) is 0 Å². The van der Waals surface area contributed by atoms with Gasteiger partial charge in [-0.15, -0.1) is 11.3 Å². The molecule has 7 heteroatoms. The summed E-state index contributed by atoms with van der Waals surface area (Å²) in [6.07, 6.45) is 6.47. The first-order valence-corrected chi connectivity index (χ1v) is 10.7. The van der Waals surface area contributed by atoms with E-state index in [1.54, 1.807) is 0 Å². The van der Waals surface area contributed by atoms with Crippen LogP contribution in [0.15, 0.2) is 0 Å². The molecule has 3 aliphatic rings. The van der Waals surface area contributed by atoms with Gasteiger partial charge in [-0.25, -0.2) is 0 Å². The van der Waals surface area contributed by atoms with Gasteiger partial charge in [0.1, 0.15) is 5.00 Å². The zero-order valence-electron chi connectivity index (χ0n) is 15.5. The fraction of sp³-hybridized carbons (Fsp3) is 0.650. The second kappa shape index (κ2) is 6.93. The number of fused-ring (bicyclic) bond motifs is 3. The molecular formula is C20H26N2O4S. The zero-order valence-corrected chi connectivity index (χ0v) is 16.3. The van der Waals surface area contributed by atoms with Crippen LogP contribution in [0, 0.1) is 29.6 Å². The molecule has 1 aromatic rings. The molecule has 1 heterocycles. The normalized spacial score (nSPS) is 31.5. The predicted octanol–water partition coefficient (Wildman–Crippen LogP) is 3.05. The minimum absolute atomic E-state index is 0.0979. The summed E-state index contributed by atoms with van der Waals surface area (Å²) in [7, 11) is 0. The Hall–Kier alpha value is -1.89. The lowest BCUT2D eigenvalue weighted by molar-refractivity contribution is -0.148. The Morgan fingerprint density at radius 3 is 2.52 bits per heavy atom. The number of anilines is 1. The quantitative estimate of drug-likeness (QED) is 0.718. The molecule has 0 saturated heterocycles. The van der Waals surface area contributed by atoms with Crippen LogP contribution in [0.5, 0.6) is 0 Å². The second-order valence-electron chi connectivity index (χ2n) is 8.30. The third-order valence-electron chi connectivity index (χ3n) is 6.93. The Morgan fingerprint density at radius 1 is 1.19 bits per heavy atom. The smallest absolute Gasteiger partial charge is 0.307 e. The molecule has 6 nitrogen and oxygen atoms in total. The molecule has 0 aliphatic heterocycles. The molecule has 0 unspecified atom stereocenters. The number of nitrogens with one attached hydrogen (secondary N) is 1. The number of rotatable bonds is 5. The lowest BCUT2D eigenvalue weighted by atomic mass is 9.78. The van der Waals surface area contributed by atoms with Crippen molar-refractivity contribution in [1.29, 1.82) is 0 Å². The Kier molecular flexibility index (Phi) is 4.74. The van der Waals surface area contributed by atoms with Gasteiger partial charge in [0, 0.05) is 4.88 Å². The van der Waals surface area contributed by atoms with Gasteiger partial charge in [0.2, 0.25) is 5.91 Å². The van der Waals surface area contributed by atoms with E-state index in [1.807, 2.05) is 0 Å². The van der Waals surface area contributed by atoms with E-state index in [4.69, 9.17) is 5.73 Å². The van der Waals surface area contributed by atoms with Crippen LogP contribution in [0.1, 0.15) is 59.8 Å². The number of hydrogen-bond acceptors (Lipinski definition) is 4. The van der Waals surface area contributed by atoms with Gasteiger partial charge >= 0.3 is 5.97 Å². The number of carbonyl (C=O) groups is 3. The highest BCUT2D eigenvalue weighted by Gasteiger charge is 2.54. The van der Waals surface area contributed by atoms with Crippen molar-refractivity contribution in [3.8, 4) is 0 Å². The Labute approximate surface area is 162 Å². The summed E-state index contributed by atoms with van der Waals surface area (Å²) in [6, 6.07) is 0. The third kappa shape index (κ3) is 3.06. The number of carboxylic acid groups (broad SMARTS) is 1. The van der Waals surface area contributed by atoms with E-state index in [0.29, 0.717) is 16.5 Å².